The quantitative estimate of drug-likeness (QED) is 0.606. The van der Waals surface area contributed by atoms with E-state index in [0.29, 0.717) is 24.1 Å². The maximum Gasteiger partial charge on any atom is 0.410 e. The average molecular weight is 455 g/mol. The van der Waals surface area contributed by atoms with Crippen LogP contribution in [0.3, 0.4) is 0 Å². The zero-order valence-electron chi connectivity index (χ0n) is 15.4. The number of ether oxygens (including phenoxy) is 1. The van der Waals surface area contributed by atoms with Crippen molar-refractivity contribution in [2.75, 3.05) is 18.0 Å². The molecule has 2 bridgehead atoms. The number of hydrogen-bond donors (Lipinski definition) is 0. The van der Waals surface area contributed by atoms with E-state index in [9.17, 15) is 4.79 Å². The summed E-state index contributed by atoms with van der Waals surface area (Å²) < 4.78 is 6.44. The zero-order valence-corrected chi connectivity index (χ0v) is 17.8. The van der Waals surface area contributed by atoms with Gasteiger partial charge in [0.25, 0.3) is 0 Å². The summed E-state index contributed by atoms with van der Waals surface area (Å²) in [5.41, 5.74) is 0.912. The molecule has 2 unspecified atom stereocenters. The first-order chi connectivity index (χ1) is 12.7. The third-order valence-corrected chi connectivity index (χ3v) is 5.45. The van der Waals surface area contributed by atoms with Gasteiger partial charge in [-0.1, -0.05) is 0 Å². The zero-order chi connectivity index (χ0) is 19.3. The van der Waals surface area contributed by atoms with Gasteiger partial charge in [0, 0.05) is 23.8 Å². The van der Waals surface area contributed by atoms with E-state index in [1.54, 1.807) is 6.20 Å². The second kappa shape index (κ2) is 6.74. The van der Waals surface area contributed by atoms with Crippen LogP contribution in [0.25, 0.3) is 11.0 Å². The maximum absolute atomic E-state index is 12.6. The van der Waals surface area contributed by atoms with Crippen LogP contribution in [0, 0.1) is 0 Å². The largest absolute Gasteiger partial charge is 0.444 e. The van der Waals surface area contributed by atoms with Crippen LogP contribution in [0.15, 0.2) is 16.7 Å². The summed E-state index contributed by atoms with van der Waals surface area (Å²) >= 11 is 9.58. The van der Waals surface area contributed by atoms with E-state index in [0.717, 1.165) is 23.1 Å². The molecule has 2 aromatic heterocycles. The van der Waals surface area contributed by atoms with E-state index in [1.165, 1.54) is 0 Å². The number of halogens is 2. The van der Waals surface area contributed by atoms with Crippen LogP contribution < -0.4 is 4.90 Å². The third-order valence-electron chi connectivity index (χ3n) is 4.84. The van der Waals surface area contributed by atoms with Gasteiger partial charge >= 0.3 is 6.09 Å². The second-order valence-electron chi connectivity index (χ2n) is 8.02. The van der Waals surface area contributed by atoms with Gasteiger partial charge in [0.1, 0.15) is 11.1 Å². The number of aromatic nitrogens is 3. The van der Waals surface area contributed by atoms with E-state index < -0.39 is 5.60 Å². The van der Waals surface area contributed by atoms with E-state index in [1.807, 2.05) is 31.7 Å². The minimum Gasteiger partial charge on any atom is -0.444 e. The molecule has 0 aliphatic carbocycles. The Kier molecular flexibility index (Phi) is 4.66. The van der Waals surface area contributed by atoms with Crippen molar-refractivity contribution in [3.8, 4) is 0 Å². The van der Waals surface area contributed by atoms with E-state index in [4.69, 9.17) is 16.3 Å². The normalized spacial score (nSPS) is 22.4. The molecule has 1 amide bonds. The van der Waals surface area contributed by atoms with Crippen LogP contribution in [-0.4, -0.2) is 56.7 Å². The molecule has 2 saturated heterocycles. The van der Waals surface area contributed by atoms with E-state index in [-0.39, 0.29) is 23.5 Å². The van der Waals surface area contributed by atoms with Gasteiger partial charge in [0.05, 0.1) is 17.6 Å². The van der Waals surface area contributed by atoms with Crippen LogP contribution in [0.2, 0.25) is 5.28 Å². The molecule has 4 rings (SSSR count). The Hall–Kier alpha value is -1.67. The highest BCUT2D eigenvalue weighted by atomic mass is 79.9. The number of fused-ring (bicyclic) bond motifs is 3. The summed E-state index contributed by atoms with van der Waals surface area (Å²) in [5, 5.41) is 0.194. The maximum atomic E-state index is 12.6. The first-order valence-corrected chi connectivity index (χ1v) is 10.1. The molecule has 2 atom stereocenters. The Balaban J connectivity index is 1.62. The fourth-order valence-electron chi connectivity index (χ4n) is 3.86. The van der Waals surface area contributed by atoms with Gasteiger partial charge in [0.2, 0.25) is 5.28 Å². The molecule has 0 radical (unpaired) electrons. The monoisotopic (exact) mass is 453 g/mol. The Morgan fingerprint density at radius 1 is 1.26 bits per heavy atom. The lowest BCUT2D eigenvalue weighted by atomic mass is 10.2. The third kappa shape index (κ3) is 3.69. The molecule has 2 fully saturated rings. The summed E-state index contributed by atoms with van der Waals surface area (Å²) in [6, 6.07) is 2.07. The smallest absolute Gasteiger partial charge is 0.410 e. The van der Waals surface area contributed by atoms with Crippen LogP contribution in [0.4, 0.5) is 10.6 Å². The fraction of sp³-hybridized carbons (Fsp3) is 0.556. The number of pyridine rings is 1. The molecule has 2 aromatic rings. The van der Waals surface area contributed by atoms with Crippen LogP contribution >= 0.6 is 27.5 Å². The molecular formula is C18H21BrClN5O2. The number of carbonyl (C=O) groups excluding carboxylic acids is 1. The first-order valence-electron chi connectivity index (χ1n) is 8.96. The Morgan fingerprint density at radius 2 is 1.93 bits per heavy atom. The summed E-state index contributed by atoms with van der Waals surface area (Å²) in [6.45, 7) is 7.03. The number of rotatable bonds is 1. The molecule has 0 saturated carbocycles. The number of hydrogen-bond acceptors (Lipinski definition) is 6. The van der Waals surface area contributed by atoms with Crippen LogP contribution in [0.5, 0.6) is 0 Å². The van der Waals surface area contributed by atoms with Crippen LogP contribution in [-0.2, 0) is 4.74 Å². The van der Waals surface area contributed by atoms with Crippen molar-refractivity contribution in [2.45, 2.75) is 51.3 Å². The van der Waals surface area contributed by atoms with E-state index >= 15 is 0 Å². The van der Waals surface area contributed by atoms with Crippen molar-refractivity contribution in [1.29, 1.82) is 0 Å². The molecule has 2 aliphatic heterocycles. The Labute approximate surface area is 171 Å². The minimum absolute atomic E-state index is 0.0952. The van der Waals surface area contributed by atoms with Gasteiger partial charge < -0.3 is 9.64 Å². The Morgan fingerprint density at radius 3 is 2.56 bits per heavy atom. The highest BCUT2D eigenvalue weighted by Gasteiger charge is 2.45. The van der Waals surface area contributed by atoms with Crippen molar-refractivity contribution in [1.82, 2.24) is 19.9 Å². The first kappa shape index (κ1) is 18.7. The fourth-order valence-corrected chi connectivity index (χ4v) is 4.35. The molecule has 2 aliphatic rings. The number of anilines is 1. The standard InChI is InChI=1S/C18H21BrClN5O2/c1-18(2,3)27-17(26)25-11-4-5-12(25)9-24(8-11)15-14-13(22-16(20)23-15)6-10(19)7-21-14/h6-7,11-12H,4-5,8-9H2,1-3H3. The molecular weight excluding hydrogens is 434 g/mol. The summed E-state index contributed by atoms with van der Waals surface area (Å²) in [6.07, 6.45) is 3.41. The van der Waals surface area contributed by atoms with Gasteiger partial charge in [-0.25, -0.2) is 14.8 Å². The second-order valence-corrected chi connectivity index (χ2v) is 9.27. The number of amides is 1. The number of nitrogens with zero attached hydrogens (tertiary/aromatic N) is 5. The van der Waals surface area contributed by atoms with Gasteiger partial charge in [-0.3, -0.25) is 4.90 Å². The highest BCUT2D eigenvalue weighted by molar-refractivity contribution is 9.10. The predicted octanol–water partition coefficient (Wildman–Crippen LogP) is 4.03. The SMILES string of the molecule is CC(C)(C)OC(=O)N1C2CCC1CN(c1nc(Cl)nc3cc(Br)cnc13)C2. The van der Waals surface area contributed by atoms with Crippen molar-refractivity contribution in [3.05, 3.63) is 22.0 Å². The van der Waals surface area contributed by atoms with Crippen molar-refractivity contribution in [3.63, 3.8) is 0 Å². The number of piperazine rings is 1. The highest BCUT2D eigenvalue weighted by Crippen LogP contribution is 2.35. The molecule has 7 nitrogen and oxygen atoms in total. The summed E-state index contributed by atoms with van der Waals surface area (Å²) in [4.78, 5) is 29.9. The van der Waals surface area contributed by atoms with Gasteiger partial charge in [-0.05, 0) is 67.2 Å². The predicted molar refractivity (Wildman–Crippen MR) is 107 cm³/mol. The van der Waals surface area contributed by atoms with Gasteiger partial charge in [0.15, 0.2) is 5.82 Å². The van der Waals surface area contributed by atoms with Crippen molar-refractivity contribution >= 4 is 50.5 Å². The van der Waals surface area contributed by atoms with E-state index in [2.05, 4.69) is 35.8 Å². The number of carbonyl (C=O) groups is 1. The lowest BCUT2D eigenvalue weighted by Gasteiger charge is -2.41. The molecule has 9 heteroatoms. The molecule has 0 N–H and O–H groups in total. The molecule has 0 aromatic carbocycles. The topological polar surface area (TPSA) is 71.5 Å². The van der Waals surface area contributed by atoms with Crippen LogP contribution in [0.1, 0.15) is 33.6 Å². The van der Waals surface area contributed by atoms with Crippen molar-refractivity contribution in [2.24, 2.45) is 0 Å². The molecule has 0 spiro atoms. The summed E-state index contributed by atoms with van der Waals surface area (Å²) in [5.74, 6) is 0.721. The van der Waals surface area contributed by atoms with Crippen molar-refractivity contribution < 1.29 is 9.53 Å². The average Bonchev–Trinajstić information content (AvgIpc) is 2.82. The van der Waals surface area contributed by atoms with Gasteiger partial charge in [-0.2, -0.15) is 4.98 Å². The molecule has 144 valence electrons. The summed E-state index contributed by atoms with van der Waals surface area (Å²) in [7, 11) is 0. The lowest BCUT2D eigenvalue weighted by Crippen LogP contribution is -2.57. The lowest BCUT2D eigenvalue weighted by molar-refractivity contribution is 0.0123. The minimum atomic E-state index is -0.499. The van der Waals surface area contributed by atoms with Gasteiger partial charge in [-0.15, -0.1) is 0 Å². The molecule has 27 heavy (non-hydrogen) atoms. The molecule has 4 heterocycles. The Bertz CT molecular complexity index is 884.